The highest BCUT2D eigenvalue weighted by Crippen LogP contribution is 2.16. The first-order valence-electron chi connectivity index (χ1n) is 9.14. The number of ether oxygens (including phenoxy) is 1. The molecule has 2 atom stereocenters. The summed E-state index contributed by atoms with van der Waals surface area (Å²) in [5.41, 5.74) is 2.10. The highest BCUT2D eigenvalue weighted by molar-refractivity contribution is 5.83. The Bertz CT molecular complexity index is 637. The van der Waals surface area contributed by atoms with E-state index < -0.39 is 0 Å². The third kappa shape index (κ3) is 6.26. The Morgan fingerprint density at radius 3 is 2.36 bits per heavy atom. The third-order valence-corrected chi connectivity index (χ3v) is 4.40. The van der Waals surface area contributed by atoms with E-state index in [1.165, 1.54) is 12.8 Å². The van der Waals surface area contributed by atoms with E-state index in [4.69, 9.17) is 4.74 Å². The lowest BCUT2D eigenvalue weighted by Crippen LogP contribution is -2.27. The fourth-order valence-electron chi connectivity index (χ4n) is 2.75. The number of hydrogen-bond acceptors (Lipinski definition) is 2. The third-order valence-electron chi connectivity index (χ3n) is 4.40. The highest BCUT2D eigenvalue weighted by atomic mass is 16.5. The van der Waals surface area contributed by atoms with E-state index >= 15 is 0 Å². The molecular weight excluding hydrogens is 310 g/mol. The fourth-order valence-corrected chi connectivity index (χ4v) is 2.75. The average molecular weight is 339 g/mol. The summed E-state index contributed by atoms with van der Waals surface area (Å²) in [5, 5.41) is 3.00. The predicted molar refractivity (Wildman–Crippen MR) is 103 cm³/mol. The van der Waals surface area contributed by atoms with Gasteiger partial charge < -0.3 is 10.1 Å². The highest BCUT2D eigenvalue weighted by Gasteiger charge is 2.14. The number of carbonyl (C=O) groups excluding carboxylic acids is 1. The molecule has 3 heteroatoms. The Kier molecular flexibility index (Phi) is 7.52. The molecule has 1 unspecified atom stereocenters. The standard InChI is InChI=1S/C22H29NO2/c1-4-8-17(2)16-25-21-13-11-19(12-14-21)15-23-22(24)18(3)20-9-6-5-7-10-20/h5-7,9-14,17-18H,4,8,15-16H2,1-3H3,(H,23,24)/t17?,18-/m0/s1. The van der Waals surface area contributed by atoms with Crippen LogP contribution in [0.15, 0.2) is 54.6 Å². The first-order valence-corrected chi connectivity index (χ1v) is 9.14. The van der Waals surface area contributed by atoms with Crippen LogP contribution in [0.5, 0.6) is 5.75 Å². The Morgan fingerprint density at radius 1 is 1.04 bits per heavy atom. The van der Waals surface area contributed by atoms with Crippen LogP contribution in [0.2, 0.25) is 0 Å². The maximum atomic E-state index is 12.3. The summed E-state index contributed by atoms with van der Waals surface area (Å²) >= 11 is 0. The van der Waals surface area contributed by atoms with Crippen LogP contribution in [0.3, 0.4) is 0 Å². The molecule has 0 spiro atoms. The number of amides is 1. The molecule has 0 fully saturated rings. The van der Waals surface area contributed by atoms with Crippen molar-refractivity contribution < 1.29 is 9.53 Å². The van der Waals surface area contributed by atoms with Gasteiger partial charge >= 0.3 is 0 Å². The molecule has 0 aliphatic carbocycles. The molecule has 0 radical (unpaired) electrons. The first-order chi connectivity index (χ1) is 12.1. The van der Waals surface area contributed by atoms with Gasteiger partial charge in [-0.2, -0.15) is 0 Å². The van der Waals surface area contributed by atoms with Crippen molar-refractivity contribution in [2.24, 2.45) is 5.92 Å². The van der Waals surface area contributed by atoms with E-state index in [0.717, 1.165) is 23.5 Å². The maximum absolute atomic E-state index is 12.3. The van der Waals surface area contributed by atoms with Gasteiger partial charge in [0.2, 0.25) is 5.91 Å². The first kappa shape index (κ1) is 19.0. The number of rotatable bonds is 9. The maximum Gasteiger partial charge on any atom is 0.227 e. The van der Waals surface area contributed by atoms with Gasteiger partial charge in [-0.1, -0.05) is 62.7 Å². The minimum Gasteiger partial charge on any atom is -0.493 e. The van der Waals surface area contributed by atoms with E-state index in [2.05, 4.69) is 19.2 Å². The fraction of sp³-hybridized carbons (Fsp3) is 0.409. The van der Waals surface area contributed by atoms with E-state index in [9.17, 15) is 4.79 Å². The Morgan fingerprint density at radius 2 is 1.72 bits per heavy atom. The van der Waals surface area contributed by atoms with Crippen molar-refractivity contribution in [3.63, 3.8) is 0 Å². The zero-order valence-electron chi connectivity index (χ0n) is 15.5. The molecule has 3 nitrogen and oxygen atoms in total. The van der Waals surface area contributed by atoms with Gasteiger partial charge in [-0.15, -0.1) is 0 Å². The van der Waals surface area contributed by atoms with Crippen molar-refractivity contribution in [1.29, 1.82) is 0 Å². The van der Waals surface area contributed by atoms with Crippen molar-refractivity contribution >= 4 is 5.91 Å². The zero-order chi connectivity index (χ0) is 18.1. The molecule has 134 valence electrons. The normalized spacial score (nSPS) is 13.1. The molecule has 1 N–H and O–H groups in total. The van der Waals surface area contributed by atoms with Crippen molar-refractivity contribution in [3.8, 4) is 5.75 Å². The second-order valence-electron chi connectivity index (χ2n) is 6.70. The molecule has 2 rings (SSSR count). The van der Waals surface area contributed by atoms with Gasteiger partial charge in [-0.05, 0) is 42.5 Å². The van der Waals surface area contributed by atoms with Crippen molar-refractivity contribution in [2.75, 3.05) is 6.61 Å². The van der Waals surface area contributed by atoms with Gasteiger partial charge in [-0.3, -0.25) is 4.79 Å². The summed E-state index contributed by atoms with van der Waals surface area (Å²) < 4.78 is 5.81. The monoisotopic (exact) mass is 339 g/mol. The van der Waals surface area contributed by atoms with Crippen molar-refractivity contribution in [2.45, 2.75) is 46.1 Å². The summed E-state index contributed by atoms with van der Waals surface area (Å²) in [5.74, 6) is 1.35. The topological polar surface area (TPSA) is 38.3 Å². The zero-order valence-corrected chi connectivity index (χ0v) is 15.5. The van der Waals surface area contributed by atoms with Crippen molar-refractivity contribution in [1.82, 2.24) is 5.32 Å². The van der Waals surface area contributed by atoms with Gasteiger partial charge in [0, 0.05) is 6.54 Å². The minimum absolute atomic E-state index is 0.0416. The largest absolute Gasteiger partial charge is 0.493 e. The molecule has 2 aromatic carbocycles. The van der Waals surface area contributed by atoms with Crippen LogP contribution < -0.4 is 10.1 Å². The summed E-state index contributed by atoms with van der Waals surface area (Å²) in [6.07, 6.45) is 2.37. The van der Waals surface area contributed by atoms with Gasteiger partial charge in [-0.25, -0.2) is 0 Å². The molecule has 0 bridgehead atoms. The van der Waals surface area contributed by atoms with Crippen LogP contribution in [-0.4, -0.2) is 12.5 Å². The summed E-state index contributed by atoms with van der Waals surface area (Å²) in [6, 6.07) is 17.8. The van der Waals surface area contributed by atoms with Crippen molar-refractivity contribution in [3.05, 3.63) is 65.7 Å². The van der Waals surface area contributed by atoms with Gasteiger partial charge in [0.25, 0.3) is 0 Å². The lowest BCUT2D eigenvalue weighted by molar-refractivity contribution is -0.122. The van der Waals surface area contributed by atoms with Crippen LogP contribution in [0, 0.1) is 5.92 Å². The van der Waals surface area contributed by atoms with Crippen LogP contribution >= 0.6 is 0 Å². The van der Waals surface area contributed by atoms with Crippen LogP contribution in [-0.2, 0) is 11.3 Å². The SMILES string of the molecule is CCCC(C)COc1ccc(CNC(=O)[C@@H](C)c2ccccc2)cc1. The Labute approximate surface area is 151 Å². The number of benzene rings is 2. The van der Waals surface area contributed by atoms with Crippen LogP contribution in [0.1, 0.15) is 50.7 Å². The lowest BCUT2D eigenvalue weighted by atomic mass is 10.0. The Hall–Kier alpha value is -2.29. The summed E-state index contributed by atoms with van der Waals surface area (Å²) in [4.78, 5) is 12.3. The predicted octanol–water partition coefficient (Wildman–Crippen LogP) is 4.92. The molecule has 2 aromatic rings. The molecular formula is C22H29NO2. The molecule has 0 saturated heterocycles. The van der Waals surface area contributed by atoms with E-state index in [-0.39, 0.29) is 11.8 Å². The quantitative estimate of drug-likeness (QED) is 0.704. The van der Waals surface area contributed by atoms with Gasteiger partial charge in [0.05, 0.1) is 12.5 Å². The number of carbonyl (C=O) groups is 1. The number of nitrogens with one attached hydrogen (secondary N) is 1. The molecule has 0 saturated carbocycles. The molecule has 0 aliphatic heterocycles. The van der Waals surface area contributed by atoms with E-state index in [0.29, 0.717) is 12.5 Å². The van der Waals surface area contributed by atoms with E-state index in [1.54, 1.807) is 0 Å². The average Bonchev–Trinajstić information content (AvgIpc) is 2.65. The molecule has 0 aromatic heterocycles. The Balaban J connectivity index is 1.80. The molecule has 0 heterocycles. The molecule has 25 heavy (non-hydrogen) atoms. The molecule has 0 aliphatic rings. The summed E-state index contributed by atoms with van der Waals surface area (Å²) in [7, 11) is 0. The minimum atomic E-state index is -0.149. The van der Waals surface area contributed by atoms with E-state index in [1.807, 2.05) is 61.5 Å². The molecule has 1 amide bonds. The smallest absolute Gasteiger partial charge is 0.227 e. The number of hydrogen-bond donors (Lipinski definition) is 1. The lowest BCUT2D eigenvalue weighted by Gasteiger charge is -2.14. The van der Waals surface area contributed by atoms with Crippen LogP contribution in [0.4, 0.5) is 0 Å². The summed E-state index contributed by atoms with van der Waals surface area (Å²) in [6.45, 7) is 7.61. The second-order valence-corrected chi connectivity index (χ2v) is 6.70. The van der Waals surface area contributed by atoms with Gasteiger partial charge in [0.1, 0.15) is 5.75 Å². The second kappa shape index (κ2) is 9.87. The van der Waals surface area contributed by atoms with Crippen LogP contribution in [0.25, 0.3) is 0 Å². The van der Waals surface area contributed by atoms with Gasteiger partial charge in [0.15, 0.2) is 0 Å².